The Morgan fingerprint density at radius 1 is 1.00 bits per heavy atom. The second-order valence-corrected chi connectivity index (χ2v) is 5.89. The van der Waals surface area contributed by atoms with Crippen LogP contribution < -0.4 is 0 Å². The Labute approximate surface area is 127 Å². The second-order valence-electron chi connectivity index (χ2n) is 5.89. The highest BCUT2D eigenvalue weighted by Crippen LogP contribution is 2.39. The van der Waals surface area contributed by atoms with Crippen LogP contribution in [-0.2, 0) is 12.8 Å². The number of carbonyl (C=O) groups excluding carboxylic acids is 2. The second kappa shape index (κ2) is 4.52. The third-order valence-corrected chi connectivity index (χ3v) is 4.57. The summed E-state index contributed by atoms with van der Waals surface area (Å²) in [6.45, 7) is 0. The minimum absolute atomic E-state index is 0.0905. The van der Waals surface area contributed by atoms with Crippen molar-refractivity contribution >= 4 is 11.6 Å². The van der Waals surface area contributed by atoms with Crippen molar-refractivity contribution < 1.29 is 19.8 Å². The fraction of sp³-hybridized carbons (Fsp3) is 0.222. The summed E-state index contributed by atoms with van der Waals surface area (Å²) >= 11 is 0. The Hall–Kier alpha value is -2.46. The molecule has 22 heavy (non-hydrogen) atoms. The summed E-state index contributed by atoms with van der Waals surface area (Å²) < 4.78 is 0. The molecule has 2 aromatic carbocycles. The lowest BCUT2D eigenvalue weighted by atomic mass is 9.78. The average Bonchev–Trinajstić information content (AvgIpc) is 2.52. The number of ketones is 2. The van der Waals surface area contributed by atoms with Crippen LogP contribution in [-0.4, -0.2) is 27.9 Å². The van der Waals surface area contributed by atoms with E-state index < -0.39 is 6.10 Å². The number of benzene rings is 2. The van der Waals surface area contributed by atoms with E-state index in [0.29, 0.717) is 36.0 Å². The molecular weight excluding hydrogens is 280 g/mol. The van der Waals surface area contributed by atoms with E-state index in [4.69, 9.17) is 0 Å². The zero-order valence-electron chi connectivity index (χ0n) is 11.8. The summed E-state index contributed by atoms with van der Waals surface area (Å²) in [5.74, 6) is -0.646. The summed E-state index contributed by atoms with van der Waals surface area (Å²) in [5, 5.41) is 20.3. The van der Waals surface area contributed by atoms with E-state index in [1.54, 1.807) is 30.3 Å². The van der Waals surface area contributed by atoms with Crippen molar-refractivity contribution in [3.63, 3.8) is 0 Å². The van der Waals surface area contributed by atoms with Crippen molar-refractivity contribution in [2.45, 2.75) is 25.4 Å². The van der Waals surface area contributed by atoms with Crippen molar-refractivity contribution in [1.29, 1.82) is 0 Å². The highest BCUT2D eigenvalue weighted by molar-refractivity contribution is 6.29. The predicted octanol–water partition coefficient (Wildman–Crippen LogP) is 2.02. The van der Waals surface area contributed by atoms with Gasteiger partial charge in [-0.05, 0) is 36.5 Å². The van der Waals surface area contributed by atoms with Gasteiger partial charge in [-0.2, -0.15) is 0 Å². The Bertz CT molecular complexity index is 835. The van der Waals surface area contributed by atoms with Crippen molar-refractivity contribution in [3.05, 3.63) is 63.7 Å². The number of hydrogen-bond acceptors (Lipinski definition) is 4. The largest absolute Gasteiger partial charge is 0.507 e. The molecule has 0 amide bonds. The smallest absolute Gasteiger partial charge is 0.198 e. The Kier molecular flexibility index (Phi) is 2.71. The lowest BCUT2D eigenvalue weighted by Crippen LogP contribution is -2.25. The third-order valence-electron chi connectivity index (χ3n) is 4.57. The molecular formula is C18H14O4. The van der Waals surface area contributed by atoms with E-state index >= 15 is 0 Å². The first-order valence-corrected chi connectivity index (χ1v) is 7.32. The van der Waals surface area contributed by atoms with Crippen molar-refractivity contribution in [1.82, 2.24) is 0 Å². The molecule has 4 nitrogen and oxygen atoms in total. The number of phenols is 1. The number of fused-ring (bicyclic) bond motifs is 3. The fourth-order valence-corrected chi connectivity index (χ4v) is 3.46. The topological polar surface area (TPSA) is 74.6 Å². The molecule has 2 N–H and O–H groups in total. The molecule has 0 fully saturated rings. The van der Waals surface area contributed by atoms with E-state index in [9.17, 15) is 19.8 Å². The molecule has 0 heterocycles. The van der Waals surface area contributed by atoms with Gasteiger partial charge in [-0.1, -0.05) is 24.3 Å². The van der Waals surface area contributed by atoms with E-state index in [-0.39, 0.29) is 28.4 Å². The molecule has 0 aliphatic heterocycles. The van der Waals surface area contributed by atoms with Gasteiger partial charge in [0, 0.05) is 16.7 Å². The summed E-state index contributed by atoms with van der Waals surface area (Å²) in [6, 6.07) is 8.34. The summed E-state index contributed by atoms with van der Waals surface area (Å²) in [5.41, 5.74) is 2.51. The summed E-state index contributed by atoms with van der Waals surface area (Å²) in [7, 11) is 0. The van der Waals surface area contributed by atoms with Crippen LogP contribution in [0.3, 0.4) is 0 Å². The number of carbonyl (C=O) groups is 2. The maximum absolute atomic E-state index is 12.7. The molecule has 0 saturated carbocycles. The lowest BCUT2D eigenvalue weighted by Gasteiger charge is -2.26. The summed E-state index contributed by atoms with van der Waals surface area (Å²) in [4.78, 5) is 25.3. The van der Waals surface area contributed by atoms with Crippen LogP contribution in [0.5, 0.6) is 5.75 Å². The molecule has 1 atom stereocenters. The van der Waals surface area contributed by atoms with Crippen LogP contribution in [0.2, 0.25) is 0 Å². The minimum Gasteiger partial charge on any atom is -0.507 e. The molecule has 0 radical (unpaired) electrons. The van der Waals surface area contributed by atoms with Gasteiger partial charge in [0.15, 0.2) is 11.6 Å². The van der Waals surface area contributed by atoms with Crippen LogP contribution in [0, 0.1) is 0 Å². The molecule has 0 saturated heterocycles. The maximum Gasteiger partial charge on any atom is 0.198 e. The van der Waals surface area contributed by atoms with Crippen LogP contribution in [0.25, 0.3) is 0 Å². The van der Waals surface area contributed by atoms with Gasteiger partial charge in [-0.15, -0.1) is 0 Å². The van der Waals surface area contributed by atoms with E-state index in [0.717, 1.165) is 5.56 Å². The molecule has 4 heteroatoms. The number of phenolic OH excluding ortho intramolecular Hbond substituents is 1. The normalized spacial score (nSPS) is 19.4. The number of rotatable bonds is 0. The highest BCUT2D eigenvalue weighted by atomic mass is 16.3. The van der Waals surface area contributed by atoms with Gasteiger partial charge in [0.05, 0.1) is 11.7 Å². The standard InChI is InChI=1S/C18H14O4/c19-10-5-6-11-9(7-10)8-14-15(17(11)21)18(22)13-4-2-1-3-12(13)16(14)20/h1-4,8,10,19,21H,5-7H2. The Balaban J connectivity index is 1.99. The van der Waals surface area contributed by atoms with Crippen LogP contribution >= 0.6 is 0 Å². The zero-order chi connectivity index (χ0) is 15.4. The molecule has 4 rings (SSSR count). The molecule has 1 unspecified atom stereocenters. The highest BCUT2D eigenvalue weighted by Gasteiger charge is 2.35. The number of aliphatic hydroxyl groups is 1. The van der Waals surface area contributed by atoms with E-state index in [2.05, 4.69) is 0 Å². The van der Waals surface area contributed by atoms with Gasteiger partial charge < -0.3 is 10.2 Å². The van der Waals surface area contributed by atoms with Gasteiger partial charge in [0.2, 0.25) is 0 Å². The molecule has 0 aromatic heterocycles. The van der Waals surface area contributed by atoms with Crippen molar-refractivity contribution in [2.24, 2.45) is 0 Å². The Morgan fingerprint density at radius 3 is 2.41 bits per heavy atom. The number of aliphatic hydroxyl groups excluding tert-OH is 1. The van der Waals surface area contributed by atoms with Crippen LogP contribution in [0.15, 0.2) is 30.3 Å². The molecule has 0 bridgehead atoms. The van der Waals surface area contributed by atoms with E-state index in [1.807, 2.05) is 0 Å². The van der Waals surface area contributed by atoms with Crippen LogP contribution in [0.4, 0.5) is 0 Å². The number of hydrogen-bond donors (Lipinski definition) is 2. The molecule has 2 aliphatic carbocycles. The first kappa shape index (κ1) is 13.2. The molecule has 2 aliphatic rings. The van der Waals surface area contributed by atoms with E-state index in [1.165, 1.54) is 0 Å². The average molecular weight is 294 g/mol. The predicted molar refractivity (Wildman–Crippen MR) is 79.4 cm³/mol. The van der Waals surface area contributed by atoms with Gasteiger partial charge in [0.1, 0.15) is 5.75 Å². The molecule has 110 valence electrons. The summed E-state index contributed by atoms with van der Waals surface area (Å²) in [6.07, 6.45) is 1.00. The SMILES string of the molecule is O=C1c2ccccc2C(=O)c2c1cc1c(c2O)CCC(O)C1. The number of aromatic hydroxyl groups is 1. The van der Waals surface area contributed by atoms with Crippen molar-refractivity contribution in [2.75, 3.05) is 0 Å². The maximum atomic E-state index is 12.7. The molecule has 2 aromatic rings. The van der Waals surface area contributed by atoms with Gasteiger partial charge >= 0.3 is 0 Å². The quantitative estimate of drug-likeness (QED) is 0.665. The monoisotopic (exact) mass is 294 g/mol. The van der Waals surface area contributed by atoms with Gasteiger partial charge in [-0.3, -0.25) is 9.59 Å². The fourth-order valence-electron chi connectivity index (χ4n) is 3.46. The van der Waals surface area contributed by atoms with Gasteiger partial charge in [-0.25, -0.2) is 0 Å². The minimum atomic E-state index is -0.466. The lowest BCUT2D eigenvalue weighted by molar-refractivity contribution is 0.0975. The van der Waals surface area contributed by atoms with Crippen molar-refractivity contribution in [3.8, 4) is 5.75 Å². The first-order chi connectivity index (χ1) is 10.6. The zero-order valence-corrected chi connectivity index (χ0v) is 11.8. The first-order valence-electron chi connectivity index (χ1n) is 7.32. The molecule has 0 spiro atoms. The van der Waals surface area contributed by atoms with Gasteiger partial charge in [0.25, 0.3) is 0 Å². The Morgan fingerprint density at radius 2 is 1.68 bits per heavy atom. The third kappa shape index (κ3) is 1.67. The van der Waals surface area contributed by atoms with Crippen LogP contribution in [0.1, 0.15) is 49.4 Å².